The molecule has 26 heavy (non-hydrogen) atoms. The van der Waals surface area contributed by atoms with E-state index in [1.165, 1.54) is 37.3 Å². The summed E-state index contributed by atoms with van der Waals surface area (Å²) < 4.78 is 36.1. The highest BCUT2D eigenvalue weighted by molar-refractivity contribution is 5.83. The minimum Gasteiger partial charge on any atom is -0.479 e. The summed E-state index contributed by atoms with van der Waals surface area (Å²) >= 11 is 0. The quantitative estimate of drug-likeness (QED) is 0.733. The number of para-hydroxylation sites is 1. The number of nitrogens with one attached hydrogen (secondary N) is 1. The van der Waals surface area contributed by atoms with E-state index >= 15 is 0 Å². The Kier molecular flexibility index (Phi) is 7.08. The summed E-state index contributed by atoms with van der Waals surface area (Å²) in [6.07, 6.45) is -0.497. The van der Waals surface area contributed by atoms with E-state index in [1.54, 1.807) is 18.2 Å². The molecule has 0 radical (unpaired) electrons. The third-order valence-corrected chi connectivity index (χ3v) is 3.49. The van der Waals surface area contributed by atoms with Crippen LogP contribution in [0.5, 0.6) is 5.75 Å². The average molecular weight is 363 g/mol. The maximum Gasteiger partial charge on any atom is 0.344 e. The maximum atomic E-state index is 13.4. The number of rotatable bonds is 8. The lowest BCUT2D eigenvalue weighted by Crippen LogP contribution is -2.37. The highest BCUT2D eigenvalue weighted by Gasteiger charge is 2.18. The van der Waals surface area contributed by atoms with Gasteiger partial charge in [-0.25, -0.2) is 13.6 Å². The van der Waals surface area contributed by atoms with Crippen molar-refractivity contribution in [1.82, 2.24) is 5.32 Å². The minimum absolute atomic E-state index is 0.0687. The van der Waals surface area contributed by atoms with Gasteiger partial charge in [-0.1, -0.05) is 24.3 Å². The Morgan fingerprint density at radius 3 is 2.46 bits per heavy atom. The van der Waals surface area contributed by atoms with Gasteiger partial charge in [-0.05, 0) is 43.2 Å². The summed E-state index contributed by atoms with van der Waals surface area (Å²) in [6.45, 7) is 1.24. The molecular formula is C19H19F2NO4. The summed E-state index contributed by atoms with van der Waals surface area (Å²) in [5.74, 6) is -2.23. The molecule has 2 rings (SSSR count). The number of hydrogen-bond acceptors (Lipinski definition) is 4. The molecule has 0 aliphatic rings. The Balaban J connectivity index is 1.69. The van der Waals surface area contributed by atoms with Crippen molar-refractivity contribution >= 4 is 11.9 Å². The fourth-order valence-corrected chi connectivity index (χ4v) is 2.11. The van der Waals surface area contributed by atoms with Crippen molar-refractivity contribution in [2.24, 2.45) is 0 Å². The molecule has 0 heterocycles. The molecule has 0 saturated carbocycles. The normalized spacial score (nSPS) is 11.5. The number of amides is 1. The molecule has 7 heteroatoms. The van der Waals surface area contributed by atoms with Crippen molar-refractivity contribution in [3.63, 3.8) is 0 Å². The SMILES string of the molecule is C[C@@H](OC(=O)COc1ccccc1F)C(=O)NCCc1ccc(F)cc1. The Morgan fingerprint density at radius 1 is 1.08 bits per heavy atom. The molecule has 2 aromatic rings. The highest BCUT2D eigenvalue weighted by atomic mass is 19.1. The van der Waals surface area contributed by atoms with E-state index in [9.17, 15) is 18.4 Å². The van der Waals surface area contributed by atoms with Crippen molar-refractivity contribution in [3.05, 3.63) is 65.7 Å². The number of benzene rings is 2. The summed E-state index contributed by atoms with van der Waals surface area (Å²) in [4.78, 5) is 23.6. The lowest BCUT2D eigenvalue weighted by atomic mass is 10.1. The van der Waals surface area contributed by atoms with E-state index in [4.69, 9.17) is 9.47 Å². The zero-order valence-electron chi connectivity index (χ0n) is 14.2. The smallest absolute Gasteiger partial charge is 0.344 e. The standard InChI is InChI=1S/C19H19F2NO4/c1-13(19(24)22-11-10-14-6-8-15(20)9-7-14)26-18(23)12-25-17-5-3-2-4-16(17)21/h2-9,13H,10-12H2,1H3,(H,22,24)/t13-/m1/s1. The molecule has 5 nitrogen and oxygen atoms in total. The van der Waals surface area contributed by atoms with Crippen LogP contribution in [0, 0.1) is 11.6 Å². The van der Waals surface area contributed by atoms with Crippen LogP contribution in [0.4, 0.5) is 8.78 Å². The zero-order chi connectivity index (χ0) is 18.9. The van der Waals surface area contributed by atoms with Crippen molar-refractivity contribution in [2.45, 2.75) is 19.4 Å². The first-order valence-electron chi connectivity index (χ1n) is 8.04. The molecule has 0 saturated heterocycles. The monoisotopic (exact) mass is 363 g/mol. The van der Waals surface area contributed by atoms with E-state index in [1.807, 2.05) is 0 Å². The number of halogens is 2. The van der Waals surface area contributed by atoms with Gasteiger partial charge in [-0.15, -0.1) is 0 Å². The Hall–Kier alpha value is -2.96. The molecule has 1 amide bonds. The van der Waals surface area contributed by atoms with E-state index in [-0.39, 0.29) is 11.6 Å². The summed E-state index contributed by atoms with van der Waals surface area (Å²) in [5, 5.41) is 2.62. The van der Waals surface area contributed by atoms with Gasteiger partial charge in [0.1, 0.15) is 5.82 Å². The van der Waals surface area contributed by atoms with Crippen LogP contribution in [0.2, 0.25) is 0 Å². The second-order valence-electron chi connectivity index (χ2n) is 5.52. The van der Waals surface area contributed by atoms with Crippen LogP contribution in [0.15, 0.2) is 48.5 Å². The average Bonchev–Trinajstić information content (AvgIpc) is 2.62. The molecule has 0 bridgehead atoms. The molecule has 1 N–H and O–H groups in total. The van der Waals surface area contributed by atoms with Crippen LogP contribution in [0.1, 0.15) is 12.5 Å². The summed E-state index contributed by atoms with van der Waals surface area (Å²) in [6, 6.07) is 11.6. The molecule has 0 aliphatic heterocycles. The number of carbonyl (C=O) groups is 2. The fraction of sp³-hybridized carbons (Fsp3) is 0.263. The number of esters is 1. The van der Waals surface area contributed by atoms with Crippen LogP contribution in [0.25, 0.3) is 0 Å². The van der Waals surface area contributed by atoms with Gasteiger partial charge >= 0.3 is 5.97 Å². The van der Waals surface area contributed by atoms with Crippen molar-refractivity contribution < 1.29 is 27.8 Å². The Labute approximate surface area is 149 Å². The number of hydrogen-bond donors (Lipinski definition) is 1. The van der Waals surface area contributed by atoms with E-state index < -0.39 is 30.4 Å². The first-order chi connectivity index (χ1) is 12.5. The largest absolute Gasteiger partial charge is 0.479 e. The first-order valence-corrected chi connectivity index (χ1v) is 8.04. The van der Waals surface area contributed by atoms with Crippen molar-refractivity contribution in [3.8, 4) is 5.75 Å². The third kappa shape index (κ3) is 6.16. The predicted molar refractivity (Wildman–Crippen MR) is 90.6 cm³/mol. The third-order valence-electron chi connectivity index (χ3n) is 3.49. The number of ether oxygens (including phenoxy) is 2. The minimum atomic E-state index is -1.01. The molecule has 0 aromatic heterocycles. The van der Waals surface area contributed by atoms with Gasteiger partial charge in [0.25, 0.3) is 5.91 Å². The lowest BCUT2D eigenvalue weighted by molar-refractivity contribution is -0.156. The van der Waals surface area contributed by atoms with Gasteiger partial charge in [0.05, 0.1) is 0 Å². The van der Waals surface area contributed by atoms with Crippen LogP contribution in [-0.2, 0) is 20.7 Å². The number of carbonyl (C=O) groups excluding carboxylic acids is 2. The summed E-state index contributed by atoms with van der Waals surface area (Å²) in [7, 11) is 0. The summed E-state index contributed by atoms with van der Waals surface area (Å²) in [5.41, 5.74) is 0.870. The molecule has 1 atom stereocenters. The molecule has 2 aromatic carbocycles. The van der Waals surface area contributed by atoms with Gasteiger partial charge in [0.15, 0.2) is 24.3 Å². The van der Waals surface area contributed by atoms with Crippen LogP contribution in [0.3, 0.4) is 0 Å². The predicted octanol–water partition coefficient (Wildman–Crippen LogP) is 2.63. The first kappa shape index (κ1) is 19.4. The van der Waals surface area contributed by atoms with Gasteiger partial charge in [-0.3, -0.25) is 4.79 Å². The van der Waals surface area contributed by atoms with Crippen molar-refractivity contribution in [2.75, 3.05) is 13.2 Å². The van der Waals surface area contributed by atoms with Crippen LogP contribution >= 0.6 is 0 Å². The van der Waals surface area contributed by atoms with Gasteiger partial charge < -0.3 is 14.8 Å². The topological polar surface area (TPSA) is 64.6 Å². The zero-order valence-corrected chi connectivity index (χ0v) is 14.2. The van der Waals surface area contributed by atoms with Crippen LogP contribution < -0.4 is 10.1 Å². The Morgan fingerprint density at radius 2 is 1.77 bits per heavy atom. The van der Waals surface area contributed by atoms with Gasteiger partial charge in [0.2, 0.25) is 0 Å². The Bertz CT molecular complexity index is 749. The lowest BCUT2D eigenvalue weighted by Gasteiger charge is -2.14. The molecule has 0 aliphatic carbocycles. The van der Waals surface area contributed by atoms with E-state index in [0.717, 1.165) is 5.56 Å². The molecule has 0 spiro atoms. The van der Waals surface area contributed by atoms with Crippen LogP contribution in [-0.4, -0.2) is 31.1 Å². The van der Waals surface area contributed by atoms with E-state index in [0.29, 0.717) is 13.0 Å². The molecule has 0 fully saturated rings. The highest BCUT2D eigenvalue weighted by Crippen LogP contribution is 2.15. The van der Waals surface area contributed by atoms with Gasteiger partial charge in [0, 0.05) is 6.54 Å². The molecule has 138 valence electrons. The fourth-order valence-electron chi connectivity index (χ4n) is 2.11. The second kappa shape index (κ2) is 9.50. The molecular weight excluding hydrogens is 344 g/mol. The molecule has 0 unspecified atom stereocenters. The van der Waals surface area contributed by atoms with E-state index in [2.05, 4.69) is 5.32 Å². The maximum absolute atomic E-state index is 13.4. The van der Waals surface area contributed by atoms with Gasteiger partial charge in [-0.2, -0.15) is 0 Å². The second-order valence-corrected chi connectivity index (χ2v) is 5.52. The van der Waals surface area contributed by atoms with Crippen molar-refractivity contribution in [1.29, 1.82) is 0 Å².